The normalized spacial score (nSPS) is 10.8. The molecule has 0 unspecified atom stereocenters. The largest absolute Gasteiger partial charge is 0.486 e. The first-order chi connectivity index (χ1) is 16.3. The van der Waals surface area contributed by atoms with Crippen molar-refractivity contribution in [1.29, 1.82) is 0 Å². The Bertz CT molecular complexity index is 1330. The lowest BCUT2D eigenvalue weighted by Gasteiger charge is -2.06. The molecule has 34 heavy (non-hydrogen) atoms. The molecule has 0 atom stereocenters. The van der Waals surface area contributed by atoms with Crippen LogP contribution in [0.1, 0.15) is 39.2 Å². The zero-order valence-corrected chi connectivity index (χ0v) is 20.2. The molecule has 7 nitrogen and oxygen atoms in total. The second-order valence-electron chi connectivity index (χ2n) is 7.31. The molecule has 0 radical (unpaired) electrons. The highest BCUT2D eigenvalue weighted by atomic mass is 79.9. The van der Waals surface area contributed by atoms with Crippen molar-refractivity contribution < 1.29 is 23.1 Å². The van der Waals surface area contributed by atoms with E-state index in [9.17, 15) is 14.0 Å². The molecule has 174 valence electrons. The van der Waals surface area contributed by atoms with Gasteiger partial charge in [-0.15, -0.1) is 0 Å². The second kappa shape index (κ2) is 10.2. The summed E-state index contributed by atoms with van der Waals surface area (Å²) in [5, 5.41) is 7.22. The van der Waals surface area contributed by atoms with Gasteiger partial charge in [-0.2, -0.15) is 5.10 Å². The molecule has 2 aromatic carbocycles. The van der Waals surface area contributed by atoms with Gasteiger partial charge in [-0.05, 0) is 71.4 Å². The molecule has 0 aliphatic carbocycles. The average Bonchev–Trinajstić information content (AvgIpc) is 3.42. The van der Waals surface area contributed by atoms with Gasteiger partial charge < -0.3 is 14.5 Å². The lowest BCUT2D eigenvalue weighted by molar-refractivity contribution is 0.0990. The maximum Gasteiger partial charge on any atom is 0.292 e. The van der Waals surface area contributed by atoms with Crippen LogP contribution < -0.4 is 10.1 Å². The first-order valence-corrected chi connectivity index (χ1v) is 11.3. The minimum atomic E-state index is -0.507. The summed E-state index contributed by atoms with van der Waals surface area (Å²) < 4.78 is 27.2. The predicted octanol–water partition coefficient (Wildman–Crippen LogP) is 6.11. The Morgan fingerprint density at radius 3 is 2.65 bits per heavy atom. The van der Waals surface area contributed by atoms with Crippen molar-refractivity contribution in [3.8, 4) is 5.75 Å². The summed E-state index contributed by atoms with van der Waals surface area (Å²) in [6, 6.07) is 14.3. The number of amides is 1. The molecule has 1 amide bonds. The van der Waals surface area contributed by atoms with Gasteiger partial charge in [-0.25, -0.2) is 4.39 Å². The van der Waals surface area contributed by atoms with Crippen molar-refractivity contribution in [2.75, 3.05) is 5.32 Å². The molecule has 2 aromatic heterocycles. The fraction of sp³-hybridized carbons (Fsp3) is 0.125. The average molecular weight is 547 g/mol. The highest BCUT2D eigenvalue weighted by Crippen LogP contribution is 2.25. The smallest absolute Gasteiger partial charge is 0.292 e. The molecule has 0 fully saturated rings. The number of nitrogens with zero attached hydrogens (tertiary/aromatic N) is 2. The standard InChI is InChI=1S/C24H18BrClFN3O4/c1-14(31)15-5-7-16(8-6-15)33-13-17-9-10-22(34-17)24(32)28-23-19(25)12-30(29-23)11-18-20(26)3-2-4-21(18)27/h2-10,12H,11,13H2,1H3,(H,28,29,32). The zero-order valence-electron chi connectivity index (χ0n) is 17.8. The quantitative estimate of drug-likeness (QED) is 0.269. The molecule has 0 bridgehead atoms. The minimum Gasteiger partial charge on any atom is -0.486 e. The number of carbonyl (C=O) groups is 2. The topological polar surface area (TPSA) is 86.4 Å². The van der Waals surface area contributed by atoms with Crippen LogP contribution in [-0.2, 0) is 13.2 Å². The van der Waals surface area contributed by atoms with Gasteiger partial charge in [-0.1, -0.05) is 17.7 Å². The van der Waals surface area contributed by atoms with Crippen LogP contribution in [-0.4, -0.2) is 21.5 Å². The number of rotatable bonds is 8. The summed E-state index contributed by atoms with van der Waals surface area (Å²) in [5.41, 5.74) is 0.888. The van der Waals surface area contributed by atoms with Gasteiger partial charge in [0.25, 0.3) is 5.91 Å². The Balaban J connectivity index is 1.37. The third-order valence-corrected chi connectivity index (χ3v) is 5.79. The van der Waals surface area contributed by atoms with Crippen LogP contribution >= 0.6 is 27.5 Å². The highest BCUT2D eigenvalue weighted by molar-refractivity contribution is 9.10. The van der Waals surface area contributed by atoms with E-state index in [0.29, 0.717) is 27.1 Å². The molecule has 4 aromatic rings. The van der Waals surface area contributed by atoms with Crippen molar-refractivity contribution >= 4 is 45.0 Å². The molecule has 0 aliphatic rings. The molecule has 0 spiro atoms. The molecule has 0 saturated heterocycles. The number of nitrogens with one attached hydrogen (secondary N) is 1. The van der Waals surface area contributed by atoms with Gasteiger partial charge in [0.15, 0.2) is 17.4 Å². The molecule has 1 N–H and O–H groups in total. The van der Waals surface area contributed by atoms with Crippen LogP contribution in [0, 0.1) is 5.82 Å². The SMILES string of the molecule is CC(=O)c1ccc(OCc2ccc(C(=O)Nc3nn(Cc4c(F)cccc4Cl)cc3Br)o2)cc1. The molecule has 2 heterocycles. The fourth-order valence-electron chi connectivity index (χ4n) is 3.10. The summed E-state index contributed by atoms with van der Waals surface area (Å²) in [5.74, 6) is 0.357. The Morgan fingerprint density at radius 2 is 1.94 bits per heavy atom. The van der Waals surface area contributed by atoms with E-state index in [1.165, 1.54) is 29.8 Å². The van der Waals surface area contributed by atoms with Crippen LogP contribution in [0.4, 0.5) is 10.2 Å². The zero-order chi connectivity index (χ0) is 24.2. The minimum absolute atomic E-state index is 0.0271. The summed E-state index contributed by atoms with van der Waals surface area (Å²) >= 11 is 9.42. The molecule has 0 aliphatic heterocycles. The van der Waals surface area contributed by atoms with E-state index in [0.717, 1.165) is 0 Å². The second-order valence-corrected chi connectivity index (χ2v) is 8.57. The summed E-state index contributed by atoms with van der Waals surface area (Å²) in [6.45, 7) is 1.69. The van der Waals surface area contributed by atoms with Gasteiger partial charge in [0.1, 0.15) is 23.9 Å². The van der Waals surface area contributed by atoms with E-state index < -0.39 is 11.7 Å². The van der Waals surface area contributed by atoms with E-state index in [1.54, 1.807) is 42.6 Å². The maximum atomic E-state index is 14.1. The number of aromatic nitrogens is 2. The summed E-state index contributed by atoms with van der Waals surface area (Å²) in [4.78, 5) is 23.9. The fourth-order valence-corrected chi connectivity index (χ4v) is 3.73. The number of anilines is 1. The number of ether oxygens (including phenoxy) is 1. The van der Waals surface area contributed by atoms with Gasteiger partial charge >= 0.3 is 0 Å². The lowest BCUT2D eigenvalue weighted by atomic mass is 10.1. The van der Waals surface area contributed by atoms with E-state index >= 15 is 0 Å². The molecule has 10 heteroatoms. The van der Waals surface area contributed by atoms with E-state index in [-0.39, 0.29) is 35.5 Å². The number of furan rings is 1. The van der Waals surface area contributed by atoms with Crippen LogP contribution in [0.2, 0.25) is 5.02 Å². The Hall–Kier alpha value is -3.43. The van der Waals surface area contributed by atoms with Crippen molar-refractivity contribution in [3.63, 3.8) is 0 Å². The Morgan fingerprint density at radius 1 is 1.18 bits per heavy atom. The van der Waals surface area contributed by atoms with Crippen LogP contribution in [0.25, 0.3) is 0 Å². The third kappa shape index (κ3) is 5.55. The first kappa shape index (κ1) is 23.7. The lowest BCUT2D eigenvalue weighted by Crippen LogP contribution is -2.12. The monoisotopic (exact) mass is 545 g/mol. The molecule has 0 saturated carbocycles. The van der Waals surface area contributed by atoms with Crippen molar-refractivity contribution in [2.45, 2.75) is 20.1 Å². The Labute approximate surface area is 207 Å². The van der Waals surface area contributed by atoms with Crippen molar-refractivity contribution in [2.24, 2.45) is 0 Å². The van der Waals surface area contributed by atoms with Gasteiger partial charge in [0.05, 0.1) is 11.0 Å². The van der Waals surface area contributed by atoms with E-state index in [1.807, 2.05) is 0 Å². The maximum absolute atomic E-state index is 14.1. The molecular weight excluding hydrogens is 529 g/mol. The van der Waals surface area contributed by atoms with Gasteiger partial charge in [-0.3, -0.25) is 14.3 Å². The van der Waals surface area contributed by atoms with Crippen molar-refractivity contribution in [3.05, 3.63) is 98.8 Å². The number of hydrogen-bond acceptors (Lipinski definition) is 5. The van der Waals surface area contributed by atoms with Crippen LogP contribution in [0.5, 0.6) is 5.75 Å². The number of Topliss-reactive ketones (excluding diaryl/α,β-unsaturated/α-hetero) is 1. The summed E-state index contributed by atoms with van der Waals surface area (Å²) in [6.07, 6.45) is 1.61. The molecule has 4 rings (SSSR count). The number of hydrogen-bond donors (Lipinski definition) is 1. The number of ketones is 1. The Kier molecular flexibility index (Phi) is 7.14. The number of benzene rings is 2. The highest BCUT2D eigenvalue weighted by Gasteiger charge is 2.17. The van der Waals surface area contributed by atoms with Crippen LogP contribution in [0.3, 0.4) is 0 Å². The first-order valence-electron chi connectivity index (χ1n) is 10.1. The summed E-state index contributed by atoms with van der Waals surface area (Å²) in [7, 11) is 0. The predicted molar refractivity (Wildman–Crippen MR) is 128 cm³/mol. The third-order valence-electron chi connectivity index (χ3n) is 4.86. The van der Waals surface area contributed by atoms with Crippen LogP contribution in [0.15, 0.2) is 69.7 Å². The van der Waals surface area contributed by atoms with Crippen molar-refractivity contribution in [1.82, 2.24) is 9.78 Å². The molecular formula is C24H18BrClFN3O4. The van der Waals surface area contributed by atoms with Gasteiger partial charge in [0, 0.05) is 22.3 Å². The number of halogens is 3. The van der Waals surface area contributed by atoms with E-state index in [4.69, 9.17) is 20.8 Å². The number of carbonyl (C=O) groups excluding carboxylic acids is 2. The van der Waals surface area contributed by atoms with Gasteiger partial charge in [0.2, 0.25) is 0 Å². The van der Waals surface area contributed by atoms with E-state index in [2.05, 4.69) is 26.3 Å².